The number of H-pyrrole nitrogens is 2. The molecule has 2 aromatic rings. The second kappa shape index (κ2) is 3.91. The van der Waals surface area contributed by atoms with Crippen LogP contribution in [0.2, 0.25) is 0 Å². The molecule has 0 saturated carbocycles. The monoisotopic (exact) mass is 232 g/mol. The highest BCUT2D eigenvalue weighted by atomic mass is 32.1. The molecular formula is C13H16N2S. The van der Waals surface area contributed by atoms with Gasteiger partial charge < -0.3 is 9.97 Å². The van der Waals surface area contributed by atoms with E-state index >= 15 is 0 Å². The van der Waals surface area contributed by atoms with E-state index in [1.54, 1.807) is 0 Å². The molecule has 2 rings (SSSR count). The van der Waals surface area contributed by atoms with E-state index in [9.17, 15) is 0 Å². The highest BCUT2D eigenvalue weighted by Gasteiger charge is 2.11. The van der Waals surface area contributed by atoms with Crippen molar-refractivity contribution in [1.82, 2.24) is 9.97 Å². The third-order valence-corrected chi connectivity index (χ3v) is 3.45. The predicted molar refractivity (Wildman–Crippen MR) is 70.4 cm³/mol. The SMILES string of the molecule is Cc1cc(C)c(C)c(-c2c[nH]c(=S)[nH]2)c1C. The number of imidazole rings is 1. The molecular weight excluding hydrogens is 216 g/mol. The first-order valence-electron chi connectivity index (χ1n) is 5.36. The van der Waals surface area contributed by atoms with Gasteiger partial charge in [-0.25, -0.2) is 0 Å². The summed E-state index contributed by atoms with van der Waals surface area (Å²) in [4.78, 5) is 6.21. The zero-order chi connectivity index (χ0) is 11.9. The van der Waals surface area contributed by atoms with Gasteiger partial charge in [-0.1, -0.05) is 6.07 Å². The molecule has 16 heavy (non-hydrogen) atoms. The van der Waals surface area contributed by atoms with Crippen LogP contribution in [0, 0.1) is 32.5 Å². The molecule has 1 aromatic heterocycles. The van der Waals surface area contributed by atoms with Crippen LogP contribution < -0.4 is 0 Å². The van der Waals surface area contributed by atoms with Crippen molar-refractivity contribution >= 4 is 12.2 Å². The zero-order valence-corrected chi connectivity index (χ0v) is 10.9. The van der Waals surface area contributed by atoms with Gasteiger partial charge in [0, 0.05) is 11.8 Å². The third kappa shape index (κ3) is 1.71. The Balaban J connectivity index is 2.78. The van der Waals surface area contributed by atoms with Crippen molar-refractivity contribution < 1.29 is 0 Å². The minimum atomic E-state index is 0.674. The number of aromatic nitrogens is 2. The predicted octanol–water partition coefficient (Wildman–Crippen LogP) is 3.97. The first kappa shape index (κ1) is 11.1. The lowest BCUT2D eigenvalue weighted by Crippen LogP contribution is -1.95. The van der Waals surface area contributed by atoms with Crippen LogP contribution in [0.4, 0.5) is 0 Å². The van der Waals surface area contributed by atoms with Gasteiger partial charge in [0.25, 0.3) is 0 Å². The summed E-state index contributed by atoms with van der Waals surface area (Å²) in [6.45, 7) is 8.60. The van der Waals surface area contributed by atoms with Crippen molar-refractivity contribution in [3.63, 3.8) is 0 Å². The molecule has 0 aliphatic rings. The Bertz CT molecular complexity index is 564. The average Bonchev–Trinajstić information content (AvgIpc) is 2.62. The van der Waals surface area contributed by atoms with Gasteiger partial charge >= 0.3 is 0 Å². The summed E-state index contributed by atoms with van der Waals surface area (Å²) < 4.78 is 0.674. The van der Waals surface area contributed by atoms with Gasteiger partial charge in [-0.05, 0) is 62.2 Å². The fraction of sp³-hybridized carbons (Fsp3) is 0.308. The van der Waals surface area contributed by atoms with Crippen LogP contribution in [-0.4, -0.2) is 9.97 Å². The molecule has 0 aliphatic carbocycles. The van der Waals surface area contributed by atoms with Crippen LogP contribution in [0.3, 0.4) is 0 Å². The van der Waals surface area contributed by atoms with Crippen molar-refractivity contribution in [2.75, 3.05) is 0 Å². The van der Waals surface area contributed by atoms with Crippen molar-refractivity contribution in [2.24, 2.45) is 0 Å². The van der Waals surface area contributed by atoms with E-state index in [2.05, 4.69) is 43.7 Å². The molecule has 0 amide bonds. The lowest BCUT2D eigenvalue weighted by Gasteiger charge is -2.13. The molecule has 1 heterocycles. The van der Waals surface area contributed by atoms with Crippen LogP contribution in [0.1, 0.15) is 22.3 Å². The standard InChI is InChI=1S/C13H16N2S/c1-7-5-8(2)10(4)12(9(7)3)11-6-14-13(16)15-11/h5-6H,1-4H3,(H2,14,15,16). The van der Waals surface area contributed by atoms with E-state index in [0.717, 1.165) is 5.69 Å². The molecule has 0 bridgehead atoms. The number of hydrogen-bond donors (Lipinski definition) is 2. The molecule has 0 fully saturated rings. The number of hydrogen-bond acceptors (Lipinski definition) is 1. The van der Waals surface area contributed by atoms with Gasteiger partial charge in [-0.3, -0.25) is 0 Å². The Morgan fingerprint density at radius 3 is 2.00 bits per heavy atom. The van der Waals surface area contributed by atoms with Crippen molar-refractivity contribution in [3.8, 4) is 11.3 Å². The van der Waals surface area contributed by atoms with E-state index in [-0.39, 0.29) is 0 Å². The molecule has 1 aromatic carbocycles. The van der Waals surface area contributed by atoms with Gasteiger partial charge in [-0.15, -0.1) is 0 Å². The van der Waals surface area contributed by atoms with Crippen molar-refractivity contribution in [2.45, 2.75) is 27.7 Å². The van der Waals surface area contributed by atoms with Crippen LogP contribution in [0.5, 0.6) is 0 Å². The normalized spacial score (nSPS) is 10.8. The Morgan fingerprint density at radius 1 is 1.00 bits per heavy atom. The molecule has 2 N–H and O–H groups in total. The van der Waals surface area contributed by atoms with Crippen molar-refractivity contribution in [1.29, 1.82) is 0 Å². The van der Waals surface area contributed by atoms with Crippen LogP contribution in [-0.2, 0) is 0 Å². The summed E-state index contributed by atoms with van der Waals surface area (Å²) in [5.74, 6) is 0. The van der Waals surface area contributed by atoms with Crippen LogP contribution in [0.25, 0.3) is 11.3 Å². The largest absolute Gasteiger partial charge is 0.337 e. The lowest BCUT2D eigenvalue weighted by molar-refractivity contribution is 1.22. The zero-order valence-electron chi connectivity index (χ0n) is 10.1. The Labute approximate surface area is 101 Å². The number of nitrogens with one attached hydrogen (secondary N) is 2. The molecule has 2 nitrogen and oxygen atoms in total. The van der Waals surface area contributed by atoms with Gasteiger partial charge in [-0.2, -0.15) is 0 Å². The fourth-order valence-electron chi connectivity index (χ4n) is 2.09. The molecule has 0 unspecified atom stereocenters. The van der Waals surface area contributed by atoms with Crippen LogP contribution >= 0.6 is 12.2 Å². The summed E-state index contributed by atoms with van der Waals surface area (Å²) in [5.41, 5.74) is 7.61. The summed E-state index contributed by atoms with van der Waals surface area (Å²) in [6.07, 6.45) is 1.94. The smallest absolute Gasteiger partial charge is 0.174 e. The summed E-state index contributed by atoms with van der Waals surface area (Å²) in [6, 6.07) is 2.23. The van der Waals surface area contributed by atoms with E-state index in [0.29, 0.717) is 4.77 Å². The third-order valence-electron chi connectivity index (χ3n) is 3.23. The number of benzene rings is 1. The highest BCUT2D eigenvalue weighted by Crippen LogP contribution is 2.29. The van der Waals surface area contributed by atoms with Crippen LogP contribution in [0.15, 0.2) is 12.3 Å². The lowest BCUT2D eigenvalue weighted by atomic mass is 9.93. The first-order chi connectivity index (χ1) is 7.50. The highest BCUT2D eigenvalue weighted by molar-refractivity contribution is 7.71. The maximum atomic E-state index is 5.07. The Kier molecular flexibility index (Phi) is 2.72. The molecule has 0 atom stereocenters. The quantitative estimate of drug-likeness (QED) is 0.716. The van der Waals surface area contributed by atoms with Crippen molar-refractivity contribution in [3.05, 3.63) is 39.3 Å². The topological polar surface area (TPSA) is 31.6 Å². The number of aryl methyl sites for hydroxylation is 2. The molecule has 0 aliphatic heterocycles. The maximum absolute atomic E-state index is 5.07. The van der Waals surface area contributed by atoms with E-state index < -0.39 is 0 Å². The van der Waals surface area contributed by atoms with E-state index in [4.69, 9.17) is 12.2 Å². The average molecular weight is 232 g/mol. The molecule has 84 valence electrons. The summed E-state index contributed by atoms with van der Waals surface area (Å²) in [7, 11) is 0. The second-order valence-corrected chi connectivity index (χ2v) is 4.70. The minimum absolute atomic E-state index is 0.674. The first-order valence-corrected chi connectivity index (χ1v) is 5.77. The van der Waals surface area contributed by atoms with Gasteiger partial charge in [0.1, 0.15) is 0 Å². The fourth-order valence-corrected chi connectivity index (χ4v) is 2.26. The summed E-state index contributed by atoms with van der Waals surface area (Å²) in [5, 5.41) is 0. The van der Waals surface area contributed by atoms with E-state index in [1.165, 1.54) is 27.8 Å². The molecule has 0 spiro atoms. The van der Waals surface area contributed by atoms with Gasteiger partial charge in [0.2, 0.25) is 0 Å². The Hall–Kier alpha value is -1.35. The molecule has 3 heteroatoms. The Morgan fingerprint density at radius 2 is 1.56 bits per heavy atom. The van der Waals surface area contributed by atoms with Gasteiger partial charge in [0.15, 0.2) is 4.77 Å². The maximum Gasteiger partial charge on any atom is 0.174 e. The van der Waals surface area contributed by atoms with E-state index in [1.807, 2.05) is 6.20 Å². The second-order valence-electron chi connectivity index (χ2n) is 4.29. The number of aromatic amines is 2. The molecule has 0 radical (unpaired) electrons. The van der Waals surface area contributed by atoms with Gasteiger partial charge in [0.05, 0.1) is 5.69 Å². The number of rotatable bonds is 1. The minimum Gasteiger partial charge on any atom is -0.337 e. The summed E-state index contributed by atoms with van der Waals surface area (Å²) >= 11 is 5.07. The molecule has 0 saturated heterocycles.